The Morgan fingerprint density at radius 2 is 1.86 bits per heavy atom. The van der Waals surface area contributed by atoms with Crippen molar-refractivity contribution in [1.29, 1.82) is 0 Å². The summed E-state index contributed by atoms with van der Waals surface area (Å²) in [6.07, 6.45) is 12.0. The highest BCUT2D eigenvalue weighted by atomic mass is 16.6. The molecule has 0 aliphatic carbocycles. The number of hydrogen-bond acceptors (Lipinski definition) is 5. The molecule has 1 aromatic heterocycles. The SMILES string of the molecule is Cc1cc(-c2ncc(/C=C/CCCCCC(=O)OC(C)(C)C)cn2)ccc1O. The average Bonchev–Trinajstić information content (AvgIpc) is 2.62. The van der Waals surface area contributed by atoms with Crippen LogP contribution < -0.4 is 0 Å². The van der Waals surface area contributed by atoms with Crippen molar-refractivity contribution in [1.82, 2.24) is 9.97 Å². The van der Waals surface area contributed by atoms with Gasteiger partial charge in [-0.1, -0.05) is 18.6 Å². The molecular weight excluding hydrogens is 352 g/mol. The molecule has 5 heteroatoms. The minimum Gasteiger partial charge on any atom is -0.508 e. The first-order chi connectivity index (χ1) is 13.2. The molecule has 0 aliphatic heterocycles. The van der Waals surface area contributed by atoms with Crippen LogP contribution >= 0.6 is 0 Å². The predicted octanol–water partition coefficient (Wildman–Crippen LogP) is 5.46. The Morgan fingerprint density at radius 1 is 1.14 bits per heavy atom. The number of ether oxygens (including phenoxy) is 1. The van der Waals surface area contributed by atoms with Crippen molar-refractivity contribution in [3.05, 3.63) is 47.8 Å². The van der Waals surface area contributed by atoms with Crippen LogP contribution in [0.25, 0.3) is 17.5 Å². The van der Waals surface area contributed by atoms with Gasteiger partial charge in [0.1, 0.15) is 11.4 Å². The van der Waals surface area contributed by atoms with Crippen LogP contribution in [0.1, 0.15) is 64.0 Å². The molecule has 2 rings (SSSR count). The molecule has 0 radical (unpaired) electrons. The summed E-state index contributed by atoms with van der Waals surface area (Å²) in [7, 11) is 0. The third-order valence-electron chi connectivity index (χ3n) is 4.11. The van der Waals surface area contributed by atoms with Crippen LogP contribution in [0.15, 0.2) is 36.7 Å². The van der Waals surface area contributed by atoms with Gasteiger partial charge in [-0.05, 0) is 70.7 Å². The van der Waals surface area contributed by atoms with E-state index in [-0.39, 0.29) is 11.7 Å². The molecule has 0 fully saturated rings. The number of allylic oxidation sites excluding steroid dienone is 1. The third-order valence-corrected chi connectivity index (χ3v) is 4.11. The first-order valence-electron chi connectivity index (χ1n) is 9.75. The van der Waals surface area contributed by atoms with E-state index in [1.54, 1.807) is 18.5 Å². The molecule has 0 aliphatic rings. The normalized spacial score (nSPS) is 11.7. The molecule has 0 spiro atoms. The zero-order valence-electron chi connectivity index (χ0n) is 17.2. The second-order valence-electron chi connectivity index (χ2n) is 7.93. The first kappa shape index (κ1) is 21.6. The van der Waals surface area contributed by atoms with Gasteiger partial charge in [0.2, 0.25) is 0 Å². The lowest BCUT2D eigenvalue weighted by molar-refractivity contribution is -0.154. The molecule has 1 heterocycles. The van der Waals surface area contributed by atoms with E-state index in [4.69, 9.17) is 4.74 Å². The lowest BCUT2D eigenvalue weighted by Crippen LogP contribution is -2.23. The van der Waals surface area contributed by atoms with Crippen molar-refractivity contribution >= 4 is 12.0 Å². The van der Waals surface area contributed by atoms with Crippen LogP contribution in [0.5, 0.6) is 5.75 Å². The largest absolute Gasteiger partial charge is 0.508 e. The van der Waals surface area contributed by atoms with E-state index in [1.165, 1.54) is 0 Å². The molecule has 1 aromatic carbocycles. The fourth-order valence-electron chi connectivity index (χ4n) is 2.69. The van der Waals surface area contributed by atoms with Gasteiger partial charge in [-0.25, -0.2) is 9.97 Å². The minimum absolute atomic E-state index is 0.121. The first-order valence-corrected chi connectivity index (χ1v) is 9.75. The van der Waals surface area contributed by atoms with E-state index in [0.29, 0.717) is 12.2 Å². The fourth-order valence-corrected chi connectivity index (χ4v) is 2.69. The molecule has 2 aromatic rings. The van der Waals surface area contributed by atoms with Crippen molar-refractivity contribution in [2.24, 2.45) is 0 Å². The second-order valence-corrected chi connectivity index (χ2v) is 7.93. The molecule has 0 atom stereocenters. The number of aromatic hydroxyl groups is 1. The summed E-state index contributed by atoms with van der Waals surface area (Å²) in [6.45, 7) is 7.51. The minimum atomic E-state index is -0.404. The number of benzene rings is 1. The van der Waals surface area contributed by atoms with Gasteiger partial charge in [0, 0.05) is 29.9 Å². The van der Waals surface area contributed by atoms with Gasteiger partial charge in [-0.15, -0.1) is 0 Å². The topological polar surface area (TPSA) is 72.3 Å². The lowest BCUT2D eigenvalue weighted by Gasteiger charge is -2.19. The summed E-state index contributed by atoms with van der Waals surface area (Å²) in [5.41, 5.74) is 2.24. The summed E-state index contributed by atoms with van der Waals surface area (Å²) >= 11 is 0. The molecule has 28 heavy (non-hydrogen) atoms. The van der Waals surface area contributed by atoms with E-state index in [2.05, 4.69) is 16.0 Å². The zero-order chi connectivity index (χ0) is 20.6. The summed E-state index contributed by atoms with van der Waals surface area (Å²) in [5, 5.41) is 9.61. The quantitative estimate of drug-likeness (QED) is 0.484. The number of phenols is 1. The van der Waals surface area contributed by atoms with E-state index < -0.39 is 5.60 Å². The molecule has 0 saturated heterocycles. The van der Waals surface area contributed by atoms with E-state index in [0.717, 1.165) is 42.4 Å². The van der Waals surface area contributed by atoms with Gasteiger partial charge < -0.3 is 9.84 Å². The smallest absolute Gasteiger partial charge is 0.306 e. The van der Waals surface area contributed by atoms with Gasteiger partial charge in [0.15, 0.2) is 5.82 Å². The molecule has 150 valence electrons. The molecule has 0 amide bonds. The molecular formula is C23H30N2O3. The van der Waals surface area contributed by atoms with Crippen molar-refractivity contribution in [3.63, 3.8) is 0 Å². The van der Waals surface area contributed by atoms with Crippen LogP contribution in [0.3, 0.4) is 0 Å². The van der Waals surface area contributed by atoms with Gasteiger partial charge in [-0.3, -0.25) is 4.79 Å². The Morgan fingerprint density at radius 3 is 2.50 bits per heavy atom. The van der Waals surface area contributed by atoms with Crippen LogP contribution in [-0.2, 0) is 9.53 Å². The summed E-state index contributed by atoms with van der Waals surface area (Å²) in [6, 6.07) is 5.34. The van der Waals surface area contributed by atoms with E-state index >= 15 is 0 Å². The number of aryl methyl sites for hydroxylation is 1. The van der Waals surface area contributed by atoms with Gasteiger partial charge in [-0.2, -0.15) is 0 Å². The number of aromatic nitrogens is 2. The molecule has 1 N–H and O–H groups in total. The Balaban J connectivity index is 1.72. The highest BCUT2D eigenvalue weighted by molar-refractivity contribution is 5.69. The Hall–Kier alpha value is -2.69. The maximum Gasteiger partial charge on any atom is 0.306 e. The number of phenolic OH excluding ortho intramolecular Hbond substituents is 1. The zero-order valence-corrected chi connectivity index (χ0v) is 17.2. The average molecular weight is 383 g/mol. The number of carbonyl (C=O) groups is 1. The number of carbonyl (C=O) groups excluding carboxylic acids is 1. The highest BCUT2D eigenvalue weighted by Gasteiger charge is 2.15. The van der Waals surface area contributed by atoms with Crippen molar-refractivity contribution in [2.45, 2.75) is 65.4 Å². The molecule has 0 unspecified atom stereocenters. The number of unbranched alkanes of at least 4 members (excludes halogenated alkanes) is 3. The summed E-state index contributed by atoms with van der Waals surface area (Å²) in [5.74, 6) is 0.792. The summed E-state index contributed by atoms with van der Waals surface area (Å²) in [4.78, 5) is 20.4. The van der Waals surface area contributed by atoms with Crippen LogP contribution in [0.2, 0.25) is 0 Å². The third kappa shape index (κ3) is 7.51. The fraction of sp³-hybridized carbons (Fsp3) is 0.435. The van der Waals surface area contributed by atoms with Gasteiger partial charge >= 0.3 is 5.97 Å². The van der Waals surface area contributed by atoms with Crippen molar-refractivity contribution in [2.75, 3.05) is 0 Å². The predicted molar refractivity (Wildman–Crippen MR) is 112 cm³/mol. The highest BCUT2D eigenvalue weighted by Crippen LogP contribution is 2.22. The Bertz CT molecular complexity index is 806. The Kier molecular flexibility index (Phi) is 7.73. The molecule has 0 bridgehead atoms. The standard InChI is InChI=1S/C23H30N2O3/c1-17-14-19(12-13-20(17)26)22-24-15-18(16-25-22)10-8-6-5-7-9-11-21(27)28-23(2,3)4/h8,10,12-16,26H,5-7,9,11H2,1-4H3/b10-8+. The maximum absolute atomic E-state index is 11.6. The number of esters is 1. The molecule has 0 saturated carbocycles. The van der Waals surface area contributed by atoms with Crippen molar-refractivity contribution in [3.8, 4) is 17.1 Å². The van der Waals surface area contributed by atoms with Crippen LogP contribution in [0.4, 0.5) is 0 Å². The van der Waals surface area contributed by atoms with E-state index in [9.17, 15) is 9.90 Å². The number of hydrogen-bond donors (Lipinski definition) is 1. The Labute approximate surface area is 167 Å². The molecule has 5 nitrogen and oxygen atoms in total. The monoisotopic (exact) mass is 382 g/mol. The number of nitrogens with zero attached hydrogens (tertiary/aromatic N) is 2. The maximum atomic E-state index is 11.6. The second kappa shape index (κ2) is 10.0. The van der Waals surface area contributed by atoms with Gasteiger partial charge in [0.25, 0.3) is 0 Å². The van der Waals surface area contributed by atoms with E-state index in [1.807, 2.05) is 45.9 Å². The van der Waals surface area contributed by atoms with Crippen LogP contribution in [0, 0.1) is 6.92 Å². The van der Waals surface area contributed by atoms with Crippen LogP contribution in [-0.4, -0.2) is 26.6 Å². The summed E-state index contributed by atoms with van der Waals surface area (Å²) < 4.78 is 5.30. The van der Waals surface area contributed by atoms with Gasteiger partial charge in [0.05, 0.1) is 0 Å². The van der Waals surface area contributed by atoms with Crippen molar-refractivity contribution < 1.29 is 14.6 Å². The number of rotatable bonds is 8. The lowest BCUT2D eigenvalue weighted by atomic mass is 10.1.